The van der Waals surface area contributed by atoms with Crippen LogP contribution in [0, 0.1) is 17.2 Å². The highest BCUT2D eigenvalue weighted by atomic mass is 16.5. The van der Waals surface area contributed by atoms with Crippen LogP contribution >= 0.6 is 0 Å². The van der Waals surface area contributed by atoms with Gasteiger partial charge in [-0.15, -0.1) is 0 Å². The Morgan fingerprint density at radius 3 is 2.83 bits per heavy atom. The first-order valence-electron chi connectivity index (χ1n) is 7.31. The molecular formula is C16H15N5O2. The molecule has 0 radical (unpaired) electrons. The van der Waals surface area contributed by atoms with E-state index in [2.05, 4.69) is 21.9 Å². The number of nitriles is 1. The maximum Gasteiger partial charge on any atom is 0.200 e. The number of ether oxygens (including phenoxy) is 1. The third-order valence-electron chi connectivity index (χ3n) is 4.31. The van der Waals surface area contributed by atoms with Crippen molar-refractivity contribution in [2.24, 2.45) is 11.7 Å². The summed E-state index contributed by atoms with van der Waals surface area (Å²) in [4.78, 5) is 4.42. The molecule has 0 spiro atoms. The molecule has 0 aliphatic carbocycles. The number of furan rings is 1. The van der Waals surface area contributed by atoms with Crippen LogP contribution in [-0.4, -0.2) is 11.2 Å². The normalized spacial score (nSPS) is 29.7. The molecule has 4 atom stereocenters. The number of rotatable bonds is 2. The first kappa shape index (κ1) is 13.8. The van der Waals surface area contributed by atoms with Gasteiger partial charge in [0.15, 0.2) is 6.23 Å². The van der Waals surface area contributed by atoms with E-state index in [1.165, 1.54) is 0 Å². The number of nitrogens with two attached hydrogens (primary N) is 1. The standard InChI is InChI=1S/C16H15N5O2/c17-8-9-12(11-5-3-7-22-11)13-14(10-4-1-2-6-19-10)20-21-16(13)23-15(9)18/h1-7,12-14,16,20-21H,18H2. The van der Waals surface area contributed by atoms with Gasteiger partial charge in [-0.3, -0.25) is 4.98 Å². The van der Waals surface area contributed by atoms with Crippen molar-refractivity contribution >= 4 is 0 Å². The molecule has 0 amide bonds. The molecule has 0 bridgehead atoms. The van der Waals surface area contributed by atoms with Gasteiger partial charge in [0.05, 0.1) is 23.9 Å². The Bertz CT molecular complexity index is 766. The second kappa shape index (κ2) is 5.43. The van der Waals surface area contributed by atoms with Crippen molar-refractivity contribution in [1.29, 1.82) is 5.26 Å². The summed E-state index contributed by atoms with van der Waals surface area (Å²) in [6.07, 6.45) is 2.97. The minimum atomic E-state index is -0.366. The number of hydrazine groups is 1. The number of hydrogen-bond donors (Lipinski definition) is 3. The van der Waals surface area contributed by atoms with Gasteiger partial charge in [0.25, 0.3) is 0 Å². The predicted octanol–water partition coefficient (Wildman–Crippen LogP) is 1.27. The zero-order valence-electron chi connectivity index (χ0n) is 12.1. The molecule has 1 fully saturated rings. The summed E-state index contributed by atoms with van der Waals surface area (Å²) < 4.78 is 11.3. The molecule has 2 aliphatic heterocycles. The lowest BCUT2D eigenvalue weighted by Crippen LogP contribution is -2.40. The second-order valence-corrected chi connectivity index (χ2v) is 5.52. The van der Waals surface area contributed by atoms with Crippen LogP contribution in [0.1, 0.15) is 23.4 Å². The van der Waals surface area contributed by atoms with E-state index in [1.807, 2.05) is 24.3 Å². The molecule has 7 nitrogen and oxygen atoms in total. The highest BCUT2D eigenvalue weighted by Crippen LogP contribution is 2.46. The SMILES string of the molecule is N#CC1=C(N)OC2NNC(c3ccccn3)C2C1c1ccco1. The molecule has 4 rings (SSSR count). The van der Waals surface area contributed by atoms with Crippen LogP contribution in [0.25, 0.3) is 0 Å². The van der Waals surface area contributed by atoms with Crippen LogP contribution in [0.5, 0.6) is 0 Å². The lowest BCUT2D eigenvalue weighted by molar-refractivity contribution is 0.0307. The molecule has 1 saturated heterocycles. The first-order chi connectivity index (χ1) is 11.3. The zero-order chi connectivity index (χ0) is 15.8. The fourth-order valence-electron chi connectivity index (χ4n) is 3.32. The molecule has 0 aromatic carbocycles. The van der Waals surface area contributed by atoms with Crippen molar-refractivity contribution in [3.8, 4) is 6.07 Å². The molecule has 4 N–H and O–H groups in total. The summed E-state index contributed by atoms with van der Waals surface area (Å²) in [5, 5.41) is 9.54. The van der Waals surface area contributed by atoms with Gasteiger partial charge < -0.3 is 14.9 Å². The Morgan fingerprint density at radius 1 is 1.22 bits per heavy atom. The highest BCUT2D eigenvalue weighted by Gasteiger charge is 2.50. The average molecular weight is 309 g/mol. The Balaban J connectivity index is 1.81. The average Bonchev–Trinajstić information content (AvgIpc) is 3.24. The van der Waals surface area contributed by atoms with Gasteiger partial charge in [0, 0.05) is 12.1 Å². The Kier molecular flexibility index (Phi) is 3.26. The number of hydrogen-bond acceptors (Lipinski definition) is 7. The largest absolute Gasteiger partial charge is 0.469 e. The third kappa shape index (κ3) is 2.16. The first-order valence-corrected chi connectivity index (χ1v) is 7.31. The summed E-state index contributed by atoms with van der Waals surface area (Å²) in [6, 6.07) is 11.4. The van der Waals surface area contributed by atoms with E-state index in [-0.39, 0.29) is 30.0 Å². The molecule has 2 aromatic heterocycles. The van der Waals surface area contributed by atoms with Crippen molar-refractivity contribution in [2.75, 3.05) is 0 Å². The monoisotopic (exact) mass is 309 g/mol. The molecule has 4 heterocycles. The van der Waals surface area contributed by atoms with Gasteiger partial charge in [-0.25, -0.2) is 10.9 Å². The number of aromatic nitrogens is 1. The molecule has 7 heteroatoms. The smallest absolute Gasteiger partial charge is 0.200 e. The number of nitrogens with one attached hydrogen (secondary N) is 2. The van der Waals surface area contributed by atoms with E-state index < -0.39 is 0 Å². The van der Waals surface area contributed by atoms with Crippen molar-refractivity contribution in [3.05, 3.63) is 65.7 Å². The van der Waals surface area contributed by atoms with Crippen LogP contribution in [-0.2, 0) is 4.74 Å². The van der Waals surface area contributed by atoms with Gasteiger partial charge in [0.2, 0.25) is 5.88 Å². The number of pyridine rings is 1. The molecule has 116 valence electrons. The Labute approximate surface area is 132 Å². The number of allylic oxidation sites excluding steroid dienone is 1. The molecule has 0 saturated carbocycles. The summed E-state index contributed by atoms with van der Waals surface area (Å²) in [5.74, 6) is 0.404. The minimum absolute atomic E-state index is 0.113. The topological polar surface area (TPSA) is 109 Å². The zero-order valence-corrected chi connectivity index (χ0v) is 12.1. The molecular weight excluding hydrogens is 294 g/mol. The summed E-state index contributed by atoms with van der Waals surface area (Å²) >= 11 is 0. The summed E-state index contributed by atoms with van der Waals surface area (Å²) in [5.41, 5.74) is 13.5. The number of nitrogens with zero attached hydrogens (tertiary/aromatic N) is 2. The third-order valence-corrected chi connectivity index (χ3v) is 4.31. The summed E-state index contributed by atoms with van der Waals surface area (Å²) in [7, 11) is 0. The highest BCUT2D eigenvalue weighted by molar-refractivity contribution is 5.39. The van der Waals surface area contributed by atoms with Crippen molar-refractivity contribution < 1.29 is 9.15 Å². The lowest BCUT2D eigenvalue weighted by Gasteiger charge is -2.34. The van der Waals surface area contributed by atoms with E-state index in [0.29, 0.717) is 11.3 Å². The maximum absolute atomic E-state index is 9.54. The Hall–Kier alpha value is -2.82. The fourth-order valence-corrected chi connectivity index (χ4v) is 3.32. The Morgan fingerprint density at radius 2 is 2.13 bits per heavy atom. The van der Waals surface area contributed by atoms with Gasteiger partial charge in [0.1, 0.15) is 17.4 Å². The lowest BCUT2D eigenvalue weighted by atomic mass is 9.77. The minimum Gasteiger partial charge on any atom is -0.469 e. The van der Waals surface area contributed by atoms with Gasteiger partial charge >= 0.3 is 0 Å². The molecule has 2 aromatic rings. The van der Waals surface area contributed by atoms with Crippen molar-refractivity contribution in [2.45, 2.75) is 18.2 Å². The van der Waals surface area contributed by atoms with Crippen LogP contribution < -0.4 is 16.6 Å². The summed E-state index contributed by atoms with van der Waals surface area (Å²) in [6.45, 7) is 0. The van der Waals surface area contributed by atoms with Crippen LogP contribution in [0.2, 0.25) is 0 Å². The van der Waals surface area contributed by atoms with E-state index in [0.717, 1.165) is 5.69 Å². The fraction of sp³-hybridized carbons (Fsp3) is 0.250. The van der Waals surface area contributed by atoms with Gasteiger partial charge in [-0.05, 0) is 24.3 Å². The molecule has 23 heavy (non-hydrogen) atoms. The van der Waals surface area contributed by atoms with Crippen LogP contribution in [0.3, 0.4) is 0 Å². The van der Waals surface area contributed by atoms with E-state index in [4.69, 9.17) is 14.9 Å². The van der Waals surface area contributed by atoms with E-state index in [1.54, 1.807) is 18.5 Å². The van der Waals surface area contributed by atoms with Crippen molar-refractivity contribution in [1.82, 2.24) is 15.8 Å². The van der Waals surface area contributed by atoms with Crippen molar-refractivity contribution in [3.63, 3.8) is 0 Å². The van der Waals surface area contributed by atoms with E-state index >= 15 is 0 Å². The van der Waals surface area contributed by atoms with Crippen LogP contribution in [0.15, 0.2) is 58.7 Å². The predicted molar refractivity (Wildman–Crippen MR) is 79.9 cm³/mol. The van der Waals surface area contributed by atoms with Crippen LogP contribution in [0.4, 0.5) is 0 Å². The van der Waals surface area contributed by atoms with E-state index in [9.17, 15) is 5.26 Å². The quantitative estimate of drug-likeness (QED) is 0.766. The van der Waals surface area contributed by atoms with Gasteiger partial charge in [-0.2, -0.15) is 5.26 Å². The van der Waals surface area contributed by atoms with Gasteiger partial charge in [-0.1, -0.05) is 6.07 Å². The maximum atomic E-state index is 9.54. The molecule has 4 unspecified atom stereocenters. The second-order valence-electron chi connectivity index (χ2n) is 5.52. The number of fused-ring (bicyclic) bond motifs is 1. The molecule has 2 aliphatic rings.